The molecule has 0 unspecified atom stereocenters. The third-order valence-electron chi connectivity index (χ3n) is 4.30. The second-order valence-electron chi connectivity index (χ2n) is 6.32. The number of para-hydroxylation sites is 2. The largest absolute Gasteiger partial charge is 0.483 e. The number of aromatic nitrogens is 2. The molecule has 3 rings (SSSR count). The third-order valence-corrected chi connectivity index (χ3v) is 4.30. The van der Waals surface area contributed by atoms with Gasteiger partial charge in [-0.15, -0.1) is 0 Å². The molecular weight excluding hydrogens is 356 g/mol. The molecule has 28 heavy (non-hydrogen) atoms. The Morgan fingerprint density at radius 1 is 1.00 bits per heavy atom. The fraction of sp³-hybridized carbons (Fsp3) is 0.190. The summed E-state index contributed by atoms with van der Waals surface area (Å²) in [4.78, 5) is 24.9. The number of hydrogen-bond acceptors (Lipinski definition) is 4. The average molecular weight is 378 g/mol. The van der Waals surface area contributed by atoms with Gasteiger partial charge in [0.2, 0.25) is 0 Å². The zero-order valence-corrected chi connectivity index (χ0v) is 16.0. The Bertz CT molecular complexity index is 996. The number of anilines is 2. The maximum absolute atomic E-state index is 12.6. The topological polar surface area (TPSA) is 85.2 Å². The predicted molar refractivity (Wildman–Crippen MR) is 108 cm³/mol. The number of amides is 2. The molecule has 0 saturated carbocycles. The predicted octanol–water partition coefficient (Wildman–Crippen LogP) is 3.31. The van der Waals surface area contributed by atoms with Crippen molar-refractivity contribution < 1.29 is 14.3 Å². The second kappa shape index (κ2) is 8.39. The van der Waals surface area contributed by atoms with Gasteiger partial charge in [0.25, 0.3) is 11.8 Å². The van der Waals surface area contributed by atoms with Crippen LogP contribution in [0, 0.1) is 13.8 Å². The minimum atomic E-state index is -0.322. The minimum absolute atomic E-state index is 0.219. The quantitative estimate of drug-likeness (QED) is 0.689. The fourth-order valence-electron chi connectivity index (χ4n) is 2.77. The van der Waals surface area contributed by atoms with Gasteiger partial charge in [0.05, 0.1) is 22.6 Å². The molecule has 0 aliphatic rings. The van der Waals surface area contributed by atoms with E-state index in [0.717, 1.165) is 11.4 Å². The molecule has 7 nitrogen and oxygen atoms in total. The summed E-state index contributed by atoms with van der Waals surface area (Å²) in [5, 5.41) is 9.89. The standard InChI is InChI=1S/C21H22N4O3/c1-14-20(15(2)25(3)24-14)23-19(26)13-28-18-12-8-7-11-17(18)21(27)22-16-9-5-4-6-10-16/h4-12H,13H2,1-3H3,(H,22,27)(H,23,26). The van der Waals surface area contributed by atoms with Gasteiger partial charge in [-0.1, -0.05) is 30.3 Å². The molecule has 0 fully saturated rings. The fourth-order valence-corrected chi connectivity index (χ4v) is 2.77. The Kier molecular flexibility index (Phi) is 5.74. The molecule has 0 radical (unpaired) electrons. The van der Waals surface area contributed by atoms with E-state index in [1.165, 1.54) is 0 Å². The molecule has 0 aliphatic carbocycles. The van der Waals surface area contributed by atoms with Crippen molar-refractivity contribution in [2.24, 2.45) is 7.05 Å². The zero-order valence-electron chi connectivity index (χ0n) is 16.0. The molecule has 0 spiro atoms. The first-order valence-electron chi connectivity index (χ1n) is 8.84. The van der Waals surface area contributed by atoms with Crippen molar-refractivity contribution in [1.82, 2.24) is 9.78 Å². The van der Waals surface area contributed by atoms with Crippen molar-refractivity contribution in [3.63, 3.8) is 0 Å². The number of rotatable bonds is 6. The molecule has 0 atom stereocenters. The second-order valence-corrected chi connectivity index (χ2v) is 6.32. The van der Waals surface area contributed by atoms with Crippen LogP contribution in [0.1, 0.15) is 21.7 Å². The van der Waals surface area contributed by atoms with Crippen LogP contribution in [0.2, 0.25) is 0 Å². The summed E-state index contributed by atoms with van der Waals surface area (Å²) >= 11 is 0. The highest BCUT2D eigenvalue weighted by molar-refractivity contribution is 6.06. The van der Waals surface area contributed by atoms with Crippen molar-refractivity contribution >= 4 is 23.2 Å². The normalized spacial score (nSPS) is 10.4. The van der Waals surface area contributed by atoms with Crippen LogP contribution >= 0.6 is 0 Å². The van der Waals surface area contributed by atoms with Gasteiger partial charge in [-0.3, -0.25) is 14.3 Å². The van der Waals surface area contributed by atoms with E-state index in [2.05, 4.69) is 15.7 Å². The third kappa shape index (κ3) is 4.37. The summed E-state index contributed by atoms with van der Waals surface area (Å²) in [5.74, 6) is -0.288. The molecule has 0 bridgehead atoms. The van der Waals surface area contributed by atoms with Gasteiger partial charge in [-0.05, 0) is 38.1 Å². The van der Waals surface area contributed by atoms with Crippen LogP contribution in [-0.2, 0) is 11.8 Å². The Morgan fingerprint density at radius 3 is 2.36 bits per heavy atom. The first-order valence-corrected chi connectivity index (χ1v) is 8.84. The van der Waals surface area contributed by atoms with E-state index in [0.29, 0.717) is 22.7 Å². The number of hydrogen-bond donors (Lipinski definition) is 2. The molecule has 1 aromatic heterocycles. The number of aryl methyl sites for hydroxylation is 2. The Hall–Kier alpha value is -3.61. The highest BCUT2D eigenvalue weighted by Crippen LogP contribution is 2.21. The van der Waals surface area contributed by atoms with Gasteiger partial charge in [-0.2, -0.15) is 5.10 Å². The first-order chi connectivity index (χ1) is 13.5. The number of ether oxygens (including phenoxy) is 1. The van der Waals surface area contributed by atoms with Crippen molar-refractivity contribution in [3.05, 3.63) is 71.5 Å². The van der Waals surface area contributed by atoms with E-state index in [1.807, 2.05) is 39.1 Å². The summed E-state index contributed by atoms with van der Waals surface area (Å²) in [7, 11) is 1.82. The highest BCUT2D eigenvalue weighted by atomic mass is 16.5. The van der Waals surface area contributed by atoms with Gasteiger partial charge < -0.3 is 15.4 Å². The van der Waals surface area contributed by atoms with Gasteiger partial charge in [0, 0.05) is 12.7 Å². The monoisotopic (exact) mass is 378 g/mol. The average Bonchev–Trinajstić information content (AvgIpc) is 2.93. The summed E-state index contributed by atoms with van der Waals surface area (Å²) in [6.07, 6.45) is 0. The number of nitrogens with one attached hydrogen (secondary N) is 2. The molecule has 2 N–H and O–H groups in total. The van der Waals surface area contributed by atoms with E-state index in [-0.39, 0.29) is 18.4 Å². The van der Waals surface area contributed by atoms with E-state index in [1.54, 1.807) is 41.1 Å². The zero-order chi connectivity index (χ0) is 20.1. The van der Waals surface area contributed by atoms with E-state index < -0.39 is 0 Å². The molecule has 7 heteroatoms. The summed E-state index contributed by atoms with van der Waals surface area (Å²) in [5.41, 5.74) is 3.30. The molecule has 3 aromatic rings. The molecule has 144 valence electrons. The molecular formula is C21H22N4O3. The van der Waals surface area contributed by atoms with Gasteiger partial charge in [-0.25, -0.2) is 0 Å². The smallest absolute Gasteiger partial charge is 0.262 e. The van der Waals surface area contributed by atoms with E-state index in [9.17, 15) is 9.59 Å². The van der Waals surface area contributed by atoms with Crippen molar-refractivity contribution in [2.75, 3.05) is 17.2 Å². The molecule has 2 amide bonds. The summed E-state index contributed by atoms with van der Waals surface area (Å²) in [6, 6.07) is 16.0. The van der Waals surface area contributed by atoms with E-state index >= 15 is 0 Å². The van der Waals surface area contributed by atoms with Crippen molar-refractivity contribution in [1.29, 1.82) is 0 Å². The number of carbonyl (C=O) groups is 2. The number of benzene rings is 2. The van der Waals surface area contributed by atoms with E-state index in [4.69, 9.17) is 4.74 Å². The van der Waals surface area contributed by atoms with Crippen LogP contribution in [-0.4, -0.2) is 28.2 Å². The molecule has 2 aromatic carbocycles. The number of nitrogens with zero attached hydrogens (tertiary/aromatic N) is 2. The summed E-state index contributed by atoms with van der Waals surface area (Å²) in [6.45, 7) is 3.48. The Balaban J connectivity index is 1.66. The van der Waals surface area contributed by atoms with Gasteiger partial charge in [0.1, 0.15) is 5.75 Å². The first kappa shape index (κ1) is 19.2. The number of carbonyl (C=O) groups excluding carboxylic acids is 2. The maximum atomic E-state index is 12.6. The Labute approximate surface area is 163 Å². The molecule has 1 heterocycles. The van der Waals surface area contributed by atoms with Crippen LogP contribution in [0.25, 0.3) is 0 Å². The Morgan fingerprint density at radius 2 is 1.68 bits per heavy atom. The van der Waals surface area contributed by atoms with Gasteiger partial charge in [0.15, 0.2) is 6.61 Å². The van der Waals surface area contributed by atoms with Crippen LogP contribution in [0.3, 0.4) is 0 Å². The lowest BCUT2D eigenvalue weighted by Gasteiger charge is -2.12. The minimum Gasteiger partial charge on any atom is -0.483 e. The van der Waals surface area contributed by atoms with Crippen molar-refractivity contribution in [2.45, 2.75) is 13.8 Å². The summed E-state index contributed by atoms with van der Waals surface area (Å²) < 4.78 is 7.32. The molecule has 0 aliphatic heterocycles. The lowest BCUT2D eigenvalue weighted by Crippen LogP contribution is -2.22. The van der Waals surface area contributed by atoms with Crippen LogP contribution in [0.4, 0.5) is 11.4 Å². The lowest BCUT2D eigenvalue weighted by atomic mass is 10.2. The lowest BCUT2D eigenvalue weighted by molar-refractivity contribution is -0.118. The maximum Gasteiger partial charge on any atom is 0.262 e. The highest BCUT2D eigenvalue weighted by Gasteiger charge is 2.16. The molecule has 0 saturated heterocycles. The van der Waals surface area contributed by atoms with Crippen LogP contribution in [0.15, 0.2) is 54.6 Å². The van der Waals surface area contributed by atoms with Crippen LogP contribution in [0.5, 0.6) is 5.75 Å². The van der Waals surface area contributed by atoms with Crippen LogP contribution < -0.4 is 15.4 Å². The van der Waals surface area contributed by atoms with Crippen molar-refractivity contribution in [3.8, 4) is 5.75 Å². The SMILES string of the molecule is Cc1nn(C)c(C)c1NC(=O)COc1ccccc1C(=O)Nc1ccccc1. The van der Waals surface area contributed by atoms with Gasteiger partial charge >= 0.3 is 0 Å².